The second-order valence-electron chi connectivity index (χ2n) is 15.3. The summed E-state index contributed by atoms with van der Waals surface area (Å²) in [6.45, 7) is 17.4. The van der Waals surface area contributed by atoms with E-state index in [1.807, 2.05) is 0 Å². The van der Waals surface area contributed by atoms with E-state index in [0.717, 1.165) is 54.8 Å². The maximum Gasteiger partial charge on any atom is 0.333 e. The molecule has 242 valence electrons. The monoisotopic (exact) mass is 598 g/mol. The summed E-state index contributed by atoms with van der Waals surface area (Å²) in [5.41, 5.74) is 2.50. The summed E-state index contributed by atoms with van der Waals surface area (Å²) < 4.78 is 15.8. The number of fused-ring (bicyclic) bond motifs is 5. The molecule has 4 rings (SSSR count). The van der Waals surface area contributed by atoms with Crippen LogP contribution in [-0.2, 0) is 28.6 Å². The van der Waals surface area contributed by atoms with Crippen molar-refractivity contribution in [1.82, 2.24) is 0 Å². The van der Waals surface area contributed by atoms with Crippen LogP contribution in [0.5, 0.6) is 0 Å². The van der Waals surface area contributed by atoms with Gasteiger partial charge in [0.1, 0.15) is 19.3 Å². The second kappa shape index (κ2) is 14.3. The summed E-state index contributed by atoms with van der Waals surface area (Å²) in [5.74, 6) is 3.51. The Labute approximate surface area is 260 Å². The Morgan fingerprint density at radius 2 is 1.65 bits per heavy atom. The summed E-state index contributed by atoms with van der Waals surface area (Å²) in [6, 6.07) is 0. The average Bonchev–Trinajstić information content (AvgIpc) is 3.31. The fraction of sp³-hybridized carbons (Fsp3) is 0.811. The Kier molecular flexibility index (Phi) is 11.3. The van der Waals surface area contributed by atoms with Crippen LogP contribution in [0, 0.1) is 46.3 Å². The first-order valence-electron chi connectivity index (χ1n) is 17.2. The Balaban J connectivity index is 1.25. The molecule has 0 aromatic heterocycles. The van der Waals surface area contributed by atoms with E-state index in [4.69, 9.17) is 14.2 Å². The van der Waals surface area contributed by atoms with Crippen LogP contribution in [0.1, 0.15) is 125 Å². The van der Waals surface area contributed by atoms with E-state index >= 15 is 0 Å². The van der Waals surface area contributed by atoms with Crippen LogP contribution in [0.25, 0.3) is 0 Å². The third-order valence-corrected chi connectivity index (χ3v) is 12.0. The van der Waals surface area contributed by atoms with Crippen molar-refractivity contribution in [1.29, 1.82) is 0 Å². The van der Waals surface area contributed by atoms with Crippen LogP contribution in [0.15, 0.2) is 23.8 Å². The molecular formula is C37H58O6. The van der Waals surface area contributed by atoms with E-state index in [2.05, 4.69) is 47.3 Å². The van der Waals surface area contributed by atoms with Crippen LogP contribution in [0.2, 0.25) is 0 Å². The molecule has 0 heterocycles. The molecule has 0 spiro atoms. The molecule has 0 unspecified atom stereocenters. The summed E-state index contributed by atoms with van der Waals surface area (Å²) in [6.07, 6.45) is 16.0. The minimum absolute atomic E-state index is 0.000770. The predicted molar refractivity (Wildman–Crippen MR) is 169 cm³/mol. The van der Waals surface area contributed by atoms with E-state index in [0.29, 0.717) is 11.0 Å². The largest absolute Gasteiger partial charge is 0.462 e. The highest BCUT2D eigenvalue weighted by Crippen LogP contribution is 2.67. The molecular weight excluding hydrogens is 540 g/mol. The van der Waals surface area contributed by atoms with Gasteiger partial charge in [-0.2, -0.15) is 0 Å². The van der Waals surface area contributed by atoms with Crippen molar-refractivity contribution >= 4 is 17.9 Å². The van der Waals surface area contributed by atoms with Gasteiger partial charge in [-0.15, -0.1) is 0 Å². The number of ether oxygens (including phenoxy) is 3. The highest BCUT2D eigenvalue weighted by molar-refractivity contribution is 5.86. The Morgan fingerprint density at radius 3 is 2.37 bits per heavy atom. The first-order chi connectivity index (χ1) is 20.3. The zero-order valence-corrected chi connectivity index (χ0v) is 27.9. The van der Waals surface area contributed by atoms with Gasteiger partial charge in [0.15, 0.2) is 0 Å². The molecule has 0 amide bonds. The molecule has 6 heteroatoms. The van der Waals surface area contributed by atoms with Crippen molar-refractivity contribution in [2.45, 2.75) is 131 Å². The van der Waals surface area contributed by atoms with Crippen LogP contribution in [0.3, 0.4) is 0 Å². The number of hydrogen-bond acceptors (Lipinski definition) is 6. The maximum absolute atomic E-state index is 12.6. The maximum atomic E-state index is 12.6. The summed E-state index contributed by atoms with van der Waals surface area (Å²) in [5, 5.41) is 0. The van der Waals surface area contributed by atoms with Gasteiger partial charge in [-0.3, -0.25) is 9.59 Å². The van der Waals surface area contributed by atoms with E-state index in [-0.39, 0.29) is 43.5 Å². The molecule has 0 saturated heterocycles. The Bertz CT molecular complexity index is 1060. The number of carbonyl (C=O) groups excluding carboxylic acids is 3. The first kappa shape index (κ1) is 33.8. The smallest absolute Gasteiger partial charge is 0.333 e. The van der Waals surface area contributed by atoms with Crippen molar-refractivity contribution in [2.75, 3.05) is 13.2 Å². The summed E-state index contributed by atoms with van der Waals surface area (Å²) in [7, 11) is 0. The van der Waals surface area contributed by atoms with Gasteiger partial charge in [0.25, 0.3) is 0 Å². The van der Waals surface area contributed by atoms with E-state index < -0.39 is 11.9 Å². The predicted octanol–water partition coefficient (Wildman–Crippen LogP) is 8.38. The van der Waals surface area contributed by atoms with Crippen LogP contribution >= 0.6 is 0 Å². The number of hydrogen-bond donors (Lipinski definition) is 0. The van der Waals surface area contributed by atoms with Crippen LogP contribution in [-0.4, -0.2) is 37.2 Å². The highest BCUT2D eigenvalue weighted by Gasteiger charge is 2.59. The van der Waals surface area contributed by atoms with E-state index in [1.165, 1.54) is 56.9 Å². The van der Waals surface area contributed by atoms with Crippen molar-refractivity contribution in [3.8, 4) is 0 Å². The number of esters is 3. The van der Waals surface area contributed by atoms with Gasteiger partial charge in [-0.25, -0.2) is 4.79 Å². The molecule has 3 fully saturated rings. The summed E-state index contributed by atoms with van der Waals surface area (Å²) >= 11 is 0. The lowest BCUT2D eigenvalue weighted by atomic mass is 9.47. The summed E-state index contributed by atoms with van der Waals surface area (Å²) in [4.78, 5) is 36.0. The fourth-order valence-electron chi connectivity index (χ4n) is 9.69. The molecule has 43 heavy (non-hydrogen) atoms. The average molecular weight is 599 g/mol. The van der Waals surface area contributed by atoms with Crippen molar-refractivity contribution in [3.63, 3.8) is 0 Å². The molecule has 4 aliphatic carbocycles. The molecule has 0 bridgehead atoms. The van der Waals surface area contributed by atoms with Gasteiger partial charge in [0.05, 0.1) is 12.8 Å². The molecule has 0 aliphatic heterocycles. The quantitative estimate of drug-likeness (QED) is 0.0697. The second-order valence-corrected chi connectivity index (χ2v) is 15.3. The van der Waals surface area contributed by atoms with Crippen LogP contribution in [0.4, 0.5) is 0 Å². The minimum atomic E-state index is -0.515. The van der Waals surface area contributed by atoms with Gasteiger partial charge < -0.3 is 14.2 Å². The van der Waals surface area contributed by atoms with Gasteiger partial charge in [-0.1, -0.05) is 72.1 Å². The highest BCUT2D eigenvalue weighted by atomic mass is 16.6. The molecule has 6 nitrogen and oxygen atoms in total. The van der Waals surface area contributed by atoms with Crippen LogP contribution < -0.4 is 0 Å². The molecule has 0 aromatic carbocycles. The number of carbonyl (C=O) groups is 3. The van der Waals surface area contributed by atoms with Gasteiger partial charge >= 0.3 is 17.9 Å². The third-order valence-electron chi connectivity index (χ3n) is 12.0. The van der Waals surface area contributed by atoms with Crippen molar-refractivity contribution < 1.29 is 28.6 Å². The molecule has 0 radical (unpaired) electrons. The van der Waals surface area contributed by atoms with Gasteiger partial charge in [0, 0.05) is 12.0 Å². The lowest BCUT2D eigenvalue weighted by molar-refractivity contribution is -0.156. The molecule has 4 aliphatic rings. The SMILES string of the molecule is C=C(C)C(=O)OCCOC(=O)CCC(=O)O[C@H]1CC[C@@]2(C)C(=CC[C@H]3[C@@H]4CC[C@H]([C@H](C)CCCC(C)C)[C@@]4(C)CC[C@@H]32)C1. The lowest BCUT2D eigenvalue weighted by Gasteiger charge is -2.58. The third kappa shape index (κ3) is 7.76. The van der Waals surface area contributed by atoms with E-state index in [1.54, 1.807) is 6.92 Å². The standard InChI is InChI=1S/C37H58O6/c1-24(2)9-8-10-26(5)30-13-14-31-29-12-11-27-23-28(17-19-36(27,6)32(29)18-20-37(30,31)7)43-34(39)16-15-33(38)41-21-22-42-35(40)25(3)4/h11,24,26,28-32H,3,8-10,12-23H2,1-2,4-7H3/t26-,28+,29+,30-,31+,32+,36+,37-/m1/s1. The lowest BCUT2D eigenvalue weighted by Crippen LogP contribution is -2.51. The van der Waals surface area contributed by atoms with Crippen molar-refractivity contribution in [3.05, 3.63) is 23.8 Å². The van der Waals surface area contributed by atoms with E-state index in [9.17, 15) is 14.4 Å². The van der Waals surface area contributed by atoms with Gasteiger partial charge in [0.2, 0.25) is 0 Å². The van der Waals surface area contributed by atoms with Crippen molar-refractivity contribution in [2.24, 2.45) is 46.3 Å². The number of allylic oxidation sites excluding steroid dienone is 1. The van der Waals surface area contributed by atoms with Gasteiger partial charge in [-0.05, 0) is 98.2 Å². The topological polar surface area (TPSA) is 78.9 Å². The molecule has 0 aromatic rings. The first-order valence-corrected chi connectivity index (χ1v) is 17.2. The zero-order valence-electron chi connectivity index (χ0n) is 27.9. The molecule has 3 saturated carbocycles. The normalized spacial score (nSPS) is 33.8. The number of rotatable bonds is 13. The molecule has 0 N–H and O–H groups in total. The Hall–Kier alpha value is -2.11. The molecule has 8 atom stereocenters. The minimum Gasteiger partial charge on any atom is -0.462 e. The fourth-order valence-corrected chi connectivity index (χ4v) is 9.69. The zero-order chi connectivity index (χ0) is 31.4. The Morgan fingerprint density at radius 1 is 0.930 bits per heavy atom.